The minimum Gasteiger partial charge on any atom is -0.406 e. The van der Waals surface area contributed by atoms with Gasteiger partial charge in [-0.15, -0.1) is 13.2 Å². The topological polar surface area (TPSA) is 42.6 Å². The fourth-order valence-electron chi connectivity index (χ4n) is 4.06. The lowest BCUT2D eigenvalue weighted by molar-refractivity contribution is -0.274. The number of benzene rings is 3. The quantitative estimate of drug-likeness (QED) is 0.402. The molecule has 1 aromatic heterocycles. The molecule has 5 rings (SSSR count). The number of aryl methyl sites for hydroxylation is 1. The predicted octanol–water partition coefficient (Wildman–Crippen LogP) is 5.53. The fourth-order valence-corrected chi connectivity index (χ4v) is 4.06. The molecule has 0 saturated heterocycles. The van der Waals surface area contributed by atoms with Crippen LogP contribution in [0.3, 0.4) is 0 Å². The van der Waals surface area contributed by atoms with Gasteiger partial charge < -0.3 is 9.30 Å². The van der Waals surface area contributed by atoms with Crippen molar-refractivity contribution < 1.29 is 17.9 Å². The number of fused-ring (bicyclic) bond motifs is 2. The van der Waals surface area contributed by atoms with Gasteiger partial charge in [-0.25, -0.2) is 4.98 Å². The highest BCUT2D eigenvalue weighted by Gasteiger charge is 2.31. The van der Waals surface area contributed by atoms with Crippen molar-refractivity contribution in [3.63, 3.8) is 0 Å². The van der Waals surface area contributed by atoms with Crippen LogP contribution >= 0.6 is 0 Å². The highest BCUT2D eigenvalue weighted by atomic mass is 19.4. The van der Waals surface area contributed by atoms with Gasteiger partial charge in [-0.2, -0.15) is 5.10 Å². The van der Waals surface area contributed by atoms with Gasteiger partial charge >= 0.3 is 6.36 Å². The van der Waals surface area contributed by atoms with Gasteiger partial charge in [-0.05, 0) is 52.6 Å². The van der Waals surface area contributed by atoms with Crippen molar-refractivity contribution in [1.82, 2.24) is 14.6 Å². The zero-order chi connectivity index (χ0) is 23.0. The summed E-state index contributed by atoms with van der Waals surface area (Å²) in [6.45, 7) is 1.37. The summed E-state index contributed by atoms with van der Waals surface area (Å²) in [5.74, 6) is 0.775. The first-order chi connectivity index (χ1) is 15.9. The second-order valence-corrected chi connectivity index (χ2v) is 7.94. The number of hydrogen-bond donors (Lipinski definition) is 0. The molecule has 0 spiro atoms. The maximum absolute atomic E-state index is 12.4. The third-order valence-corrected chi connectivity index (χ3v) is 5.75. The van der Waals surface area contributed by atoms with E-state index in [1.807, 2.05) is 48.6 Å². The van der Waals surface area contributed by atoms with Gasteiger partial charge in [0.2, 0.25) is 0 Å². The van der Waals surface area contributed by atoms with E-state index in [1.165, 1.54) is 12.1 Å². The summed E-state index contributed by atoms with van der Waals surface area (Å²) < 4.78 is 43.2. The number of alkyl halides is 3. The molecule has 0 N–H and O–H groups in total. The number of nitrogens with zero attached hydrogens (tertiary/aromatic N) is 4. The van der Waals surface area contributed by atoms with Crippen molar-refractivity contribution in [1.29, 1.82) is 0 Å². The number of imidazole rings is 1. The summed E-state index contributed by atoms with van der Waals surface area (Å²) in [4.78, 5) is 4.73. The smallest absolute Gasteiger partial charge is 0.406 e. The van der Waals surface area contributed by atoms with Crippen molar-refractivity contribution >= 4 is 17.2 Å². The normalized spacial score (nSPS) is 13.4. The third kappa shape index (κ3) is 4.55. The van der Waals surface area contributed by atoms with E-state index in [-0.39, 0.29) is 5.75 Å². The Morgan fingerprint density at radius 2 is 1.73 bits per heavy atom. The summed E-state index contributed by atoms with van der Waals surface area (Å²) in [7, 11) is 2.02. The largest absolute Gasteiger partial charge is 0.573 e. The first-order valence-corrected chi connectivity index (χ1v) is 10.5. The lowest BCUT2D eigenvalue weighted by Gasteiger charge is -2.24. The number of para-hydroxylation sites is 2. The van der Waals surface area contributed by atoms with Crippen LogP contribution in [0, 0.1) is 0 Å². The summed E-state index contributed by atoms with van der Waals surface area (Å²) in [5, 5.41) is 6.57. The standard InChI is InChI=1S/C25H21F3N4O/c1-31-23-5-3-2-4-22(23)30-24(31)12-13-32-16-20-14-18(6-7-19(20)15-29-32)17-8-10-21(11-9-17)33-25(26,27)28/h2-11,14-15H,12-13,16H2,1H3. The molecule has 168 valence electrons. The zero-order valence-corrected chi connectivity index (χ0v) is 17.9. The average molecular weight is 450 g/mol. The van der Waals surface area contributed by atoms with E-state index in [0.717, 1.165) is 52.1 Å². The van der Waals surface area contributed by atoms with Gasteiger partial charge in [0.1, 0.15) is 11.6 Å². The summed E-state index contributed by atoms with van der Waals surface area (Å²) in [6, 6.07) is 20.0. The Bertz CT molecular complexity index is 1330. The highest BCUT2D eigenvalue weighted by molar-refractivity contribution is 5.84. The summed E-state index contributed by atoms with van der Waals surface area (Å²) >= 11 is 0. The van der Waals surface area contributed by atoms with Gasteiger partial charge in [0, 0.05) is 20.0 Å². The number of aromatic nitrogens is 2. The maximum Gasteiger partial charge on any atom is 0.573 e. The van der Waals surface area contributed by atoms with Crippen LogP contribution in [0.5, 0.6) is 5.75 Å². The average Bonchev–Trinajstić information content (AvgIpc) is 3.12. The van der Waals surface area contributed by atoms with Crippen molar-refractivity contribution in [2.45, 2.75) is 19.3 Å². The van der Waals surface area contributed by atoms with Gasteiger partial charge in [0.15, 0.2) is 0 Å². The molecule has 1 aliphatic heterocycles. The fraction of sp³-hybridized carbons (Fsp3) is 0.200. The van der Waals surface area contributed by atoms with E-state index >= 15 is 0 Å². The molecule has 8 heteroatoms. The third-order valence-electron chi connectivity index (χ3n) is 5.75. The molecule has 33 heavy (non-hydrogen) atoms. The van der Waals surface area contributed by atoms with Crippen LogP contribution in [-0.2, 0) is 20.0 Å². The Hall–Kier alpha value is -3.81. The molecule has 0 unspecified atom stereocenters. The summed E-state index contributed by atoms with van der Waals surface area (Å²) in [6.07, 6.45) is -2.09. The van der Waals surface area contributed by atoms with Crippen molar-refractivity contribution in [3.8, 4) is 16.9 Å². The number of ether oxygens (including phenoxy) is 1. The van der Waals surface area contributed by atoms with E-state index in [4.69, 9.17) is 4.98 Å². The maximum atomic E-state index is 12.4. The summed E-state index contributed by atoms with van der Waals surface area (Å²) in [5.41, 5.74) is 5.99. The molecule has 0 saturated carbocycles. The molecule has 0 radical (unpaired) electrons. The van der Waals surface area contributed by atoms with Crippen molar-refractivity contribution in [3.05, 3.63) is 83.7 Å². The second kappa shape index (κ2) is 8.27. The molecule has 2 heterocycles. The lowest BCUT2D eigenvalue weighted by atomic mass is 9.98. The molecule has 1 aliphatic rings. The second-order valence-electron chi connectivity index (χ2n) is 7.94. The number of hydrazone groups is 1. The minimum absolute atomic E-state index is 0.232. The number of rotatable bonds is 5. The Morgan fingerprint density at radius 1 is 0.970 bits per heavy atom. The van der Waals surface area contributed by atoms with Crippen LogP contribution in [0.2, 0.25) is 0 Å². The van der Waals surface area contributed by atoms with E-state index < -0.39 is 6.36 Å². The van der Waals surface area contributed by atoms with Crippen LogP contribution in [0.15, 0.2) is 71.8 Å². The number of hydrogen-bond acceptors (Lipinski definition) is 4. The molecule has 0 amide bonds. The SMILES string of the molecule is Cn1c(CCN2Cc3cc(-c4ccc(OC(F)(F)F)cc4)ccc3C=N2)nc2ccccc21. The molecule has 4 aromatic rings. The van der Waals surface area contributed by atoms with E-state index in [1.54, 1.807) is 12.1 Å². The predicted molar refractivity (Wildman–Crippen MR) is 121 cm³/mol. The van der Waals surface area contributed by atoms with Gasteiger partial charge in [0.05, 0.1) is 23.8 Å². The Morgan fingerprint density at radius 3 is 2.48 bits per heavy atom. The minimum atomic E-state index is -4.70. The van der Waals surface area contributed by atoms with Crippen molar-refractivity contribution in [2.75, 3.05) is 6.54 Å². The Balaban J connectivity index is 1.29. The van der Waals surface area contributed by atoms with E-state index in [0.29, 0.717) is 6.54 Å². The van der Waals surface area contributed by atoms with Crippen LogP contribution in [0.25, 0.3) is 22.2 Å². The molecular formula is C25H21F3N4O. The first-order valence-electron chi connectivity index (χ1n) is 10.5. The molecule has 0 atom stereocenters. The van der Waals surface area contributed by atoms with Gasteiger partial charge in [0.25, 0.3) is 0 Å². The molecule has 5 nitrogen and oxygen atoms in total. The first kappa shape index (κ1) is 21.1. The van der Waals surface area contributed by atoms with Crippen molar-refractivity contribution in [2.24, 2.45) is 12.1 Å². The van der Waals surface area contributed by atoms with E-state index in [9.17, 15) is 13.2 Å². The van der Waals surface area contributed by atoms with Gasteiger partial charge in [-0.1, -0.05) is 36.4 Å². The molecule has 0 fully saturated rings. The Labute approximate surface area is 188 Å². The molecule has 0 aliphatic carbocycles. The van der Waals surface area contributed by atoms with Gasteiger partial charge in [-0.3, -0.25) is 5.01 Å². The highest BCUT2D eigenvalue weighted by Crippen LogP contribution is 2.29. The lowest BCUT2D eigenvalue weighted by Crippen LogP contribution is -2.24. The van der Waals surface area contributed by atoms with Crippen LogP contribution in [0.1, 0.15) is 17.0 Å². The van der Waals surface area contributed by atoms with E-state index in [2.05, 4.69) is 26.5 Å². The van der Waals surface area contributed by atoms with Crippen LogP contribution in [0.4, 0.5) is 13.2 Å². The van der Waals surface area contributed by atoms with Crippen LogP contribution < -0.4 is 4.74 Å². The Kier molecular flexibility index (Phi) is 5.28. The molecule has 0 bridgehead atoms. The number of halogens is 3. The molecule has 3 aromatic carbocycles. The van der Waals surface area contributed by atoms with Crippen LogP contribution in [-0.4, -0.2) is 33.7 Å². The zero-order valence-electron chi connectivity index (χ0n) is 17.9. The molecular weight excluding hydrogens is 429 g/mol. The monoisotopic (exact) mass is 450 g/mol.